The van der Waals surface area contributed by atoms with Crippen LogP contribution < -0.4 is 4.74 Å². The molecule has 41 heavy (non-hydrogen) atoms. The number of aliphatic hydroxyl groups is 1. The van der Waals surface area contributed by atoms with Crippen molar-refractivity contribution in [3.8, 4) is 5.75 Å². The summed E-state index contributed by atoms with van der Waals surface area (Å²) < 4.78 is 5.37. The molecule has 4 aromatic rings. The second-order valence-electron chi connectivity index (χ2n) is 11.1. The number of Topliss-reactive ketones (excluding diaryl/α,β-unsaturated/α-hetero) is 1. The second-order valence-corrected chi connectivity index (χ2v) is 11.1. The minimum atomic E-state index is -0.834. The molecule has 0 bridgehead atoms. The number of rotatable bonds is 7. The molecule has 0 unspecified atom stereocenters. The number of likely N-dealkylation sites (tertiary alicyclic amines) is 1. The zero-order valence-electron chi connectivity index (χ0n) is 23.3. The van der Waals surface area contributed by atoms with Gasteiger partial charge >= 0.3 is 0 Å². The number of fused-ring (bicyclic) bond motifs is 1. The van der Waals surface area contributed by atoms with Gasteiger partial charge in [0.2, 0.25) is 0 Å². The van der Waals surface area contributed by atoms with Crippen molar-refractivity contribution in [3.63, 3.8) is 0 Å². The van der Waals surface area contributed by atoms with Gasteiger partial charge in [0.25, 0.3) is 17.4 Å². The minimum Gasteiger partial charge on any atom is -0.507 e. The van der Waals surface area contributed by atoms with Gasteiger partial charge in [-0.25, -0.2) is 0 Å². The highest BCUT2D eigenvalue weighted by Crippen LogP contribution is 2.40. The van der Waals surface area contributed by atoms with Crippen molar-refractivity contribution in [3.05, 3.63) is 111 Å². The van der Waals surface area contributed by atoms with Crippen molar-refractivity contribution >= 4 is 34.0 Å². The number of nitrogens with zero attached hydrogens (tertiary/aromatic N) is 2. The number of aliphatic hydroxyl groups excluding tert-OH is 1. The summed E-state index contributed by atoms with van der Waals surface area (Å²) in [6.45, 7) is 6.51. The van der Waals surface area contributed by atoms with Crippen LogP contribution in [0.4, 0.5) is 5.69 Å². The molecule has 1 aromatic heterocycles. The number of H-pyrrole nitrogens is 1. The molecule has 0 spiro atoms. The van der Waals surface area contributed by atoms with Crippen LogP contribution in [-0.4, -0.2) is 45.3 Å². The fraction of sp³-hybridized carbons (Fsp3) is 0.250. The molecule has 1 fully saturated rings. The molecule has 1 amide bonds. The quantitative estimate of drug-likeness (QED) is 0.0944. The average Bonchev–Trinajstić information content (AvgIpc) is 3.48. The van der Waals surface area contributed by atoms with E-state index < -0.39 is 22.7 Å². The molecule has 3 aromatic carbocycles. The van der Waals surface area contributed by atoms with Gasteiger partial charge in [-0.2, -0.15) is 0 Å². The van der Waals surface area contributed by atoms with Crippen LogP contribution in [0.2, 0.25) is 0 Å². The largest absolute Gasteiger partial charge is 0.507 e. The first-order chi connectivity index (χ1) is 19.5. The van der Waals surface area contributed by atoms with E-state index >= 15 is 0 Å². The number of nitro groups is 1. The third-order valence-corrected chi connectivity index (χ3v) is 7.58. The maximum atomic E-state index is 13.4. The molecule has 9 heteroatoms. The summed E-state index contributed by atoms with van der Waals surface area (Å²) in [5, 5.41) is 23.4. The Morgan fingerprint density at radius 2 is 1.73 bits per heavy atom. The van der Waals surface area contributed by atoms with Crippen LogP contribution in [0.5, 0.6) is 5.75 Å². The van der Waals surface area contributed by atoms with Crippen LogP contribution in [-0.2, 0) is 21.4 Å². The molecule has 1 saturated heterocycles. The highest BCUT2D eigenvalue weighted by Gasteiger charge is 2.46. The number of amides is 1. The Kier molecular flexibility index (Phi) is 7.13. The molecular weight excluding hydrogens is 522 g/mol. The van der Waals surface area contributed by atoms with Crippen LogP contribution in [0.25, 0.3) is 16.7 Å². The van der Waals surface area contributed by atoms with Gasteiger partial charge in [-0.1, -0.05) is 45.0 Å². The van der Waals surface area contributed by atoms with Crippen LogP contribution in [0, 0.1) is 10.1 Å². The maximum absolute atomic E-state index is 13.4. The van der Waals surface area contributed by atoms with Crippen molar-refractivity contribution in [1.29, 1.82) is 0 Å². The minimum absolute atomic E-state index is 0.0482. The Labute approximate surface area is 237 Å². The number of methoxy groups -OCH3 is 1. The summed E-state index contributed by atoms with van der Waals surface area (Å²) in [5.41, 5.74) is 3.57. The highest BCUT2D eigenvalue weighted by molar-refractivity contribution is 6.46. The van der Waals surface area contributed by atoms with Crippen molar-refractivity contribution < 1.29 is 24.4 Å². The predicted octanol–water partition coefficient (Wildman–Crippen LogP) is 6.05. The molecule has 0 saturated carbocycles. The highest BCUT2D eigenvalue weighted by atomic mass is 16.6. The first kappa shape index (κ1) is 27.6. The number of ketones is 1. The lowest BCUT2D eigenvalue weighted by molar-refractivity contribution is -0.384. The molecule has 1 aliphatic rings. The van der Waals surface area contributed by atoms with Gasteiger partial charge in [0.1, 0.15) is 11.5 Å². The zero-order valence-corrected chi connectivity index (χ0v) is 23.3. The van der Waals surface area contributed by atoms with Gasteiger partial charge in [-0.05, 0) is 58.9 Å². The Hall–Kier alpha value is -4.92. The van der Waals surface area contributed by atoms with Gasteiger partial charge < -0.3 is 19.7 Å². The zero-order chi connectivity index (χ0) is 29.5. The lowest BCUT2D eigenvalue weighted by atomic mass is 9.85. The number of hydrogen-bond donors (Lipinski definition) is 2. The molecule has 210 valence electrons. The number of aromatic amines is 1. The van der Waals surface area contributed by atoms with Crippen molar-refractivity contribution in [2.24, 2.45) is 0 Å². The molecule has 1 aliphatic heterocycles. The van der Waals surface area contributed by atoms with Gasteiger partial charge in [-0.15, -0.1) is 0 Å². The van der Waals surface area contributed by atoms with Crippen molar-refractivity contribution in [1.82, 2.24) is 9.88 Å². The number of ether oxygens (including phenoxy) is 1. The number of aromatic nitrogens is 1. The topological polar surface area (TPSA) is 126 Å². The normalized spacial score (nSPS) is 16.9. The molecule has 9 nitrogen and oxygen atoms in total. The fourth-order valence-corrected chi connectivity index (χ4v) is 5.25. The number of benzene rings is 3. The summed E-state index contributed by atoms with van der Waals surface area (Å²) in [5.74, 6) is -1.18. The van der Waals surface area contributed by atoms with E-state index in [-0.39, 0.29) is 34.5 Å². The number of carbonyl (C=O) groups is 2. The van der Waals surface area contributed by atoms with E-state index in [0.717, 1.165) is 22.0 Å². The van der Waals surface area contributed by atoms with E-state index in [4.69, 9.17) is 4.74 Å². The third kappa shape index (κ3) is 5.18. The molecule has 2 N–H and O–H groups in total. The Bertz CT molecular complexity index is 1680. The van der Waals surface area contributed by atoms with E-state index in [1.807, 2.05) is 48.7 Å². The number of hydrogen-bond acceptors (Lipinski definition) is 6. The van der Waals surface area contributed by atoms with Gasteiger partial charge in [0.05, 0.1) is 23.6 Å². The number of nitrogens with one attached hydrogen (secondary N) is 1. The lowest BCUT2D eigenvalue weighted by Gasteiger charge is -2.26. The summed E-state index contributed by atoms with van der Waals surface area (Å²) in [4.78, 5) is 42.2. The Morgan fingerprint density at radius 3 is 2.34 bits per heavy atom. The first-order valence-electron chi connectivity index (χ1n) is 13.3. The monoisotopic (exact) mass is 553 g/mol. The Balaban J connectivity index is 1.56. The Morgan fingerprint density at radius 1 is 1.05 bits per heavy atom. The maximum Gasteiger partial charge on any atom is 0.295 e. The predicted molar refractivity (Wildman–Crippen MR) is 156 cm³/mol. The lowest BCUT2D eigenvalue weighted by Crippen LogP contribution is -2.31. The fourth-order valence-electron chi connectivity index (χ4n) is 5.25. The summed E-state index contributed by atoms with van der Waals surface area (Å²) in [7, 11) is 1.60. The SMILES string of the molecule is COc1ccc2[nH]cc(CCN3C(=O)C(=O)C(=C(O)c4ccc([N+](=O)[O-])cc4)[C@@H]3c3ccc(C(C)(C)C)cc3)c2c1. The molecular formula is C32H31N3O6. The average molecular weight is 554 g/mol. The summed E-state index contributed by atoms with van der Waals surface area (Å²) >= 11 is 0. The smallest absolute Gasteiger partial charge is 0.295 e. The first-order valence-corrected chi connectivity index (χ1v) is 13.3. The van der Waals surface area contributed by atoms with E-state index in [1.165, 1.54) is 29.2 Å². The summed E-state index contributed by atoms with van der Waals surface area (Å²) in [6.07, 6.45) is 2.33. The molecule has 0 radical (unpaired) electrons. The molecule has 0 aliphatic carbocycles. The second kappa shape index (κ2) is 10.6. The standard InChI is InChI=1S/C32H31N3O6/c1-32(2,3)22-9-5-19(6-10-22)28-27(29(36)20-7-11-23(12-8-20)35(39)40)30(37)31(38)34(28)16-15-21-18-33-26-14-13-24(41-4)17-25(21)26/h5-14,17-18,28,33,36H,15-16H2,1-4H3/t28-/m0/s1. The van der Waals surface area contributed by atoms with Crippen molar-refractivity contribution in [2.45, 2.75) is 38.6 Å². The van der Waals surface area contributed by atoms with Gasteiger partial charge in [0, 0.05) is 41.3 Å². The number of carbonyl (C=O) groups excluding carboxylic acids is 2. The van der Waals surface area contributed by atoms with Gasteiger partial charge in [0.15, 0.2) is 0 Å². The van der Waals surface area contributed by atoms with Crippen molar-refractivity contribution in [2.75, 3.05) is 13.7 Å². The van der Waals surface area contributed by atoms with Crippen LogP contribution >= 0.6 is 0 Å². The summed E-state index contributed by atoms with van der Waals surface area (Å²) in [6, 6.07) is 17.8. The van der Waals surface area contributed by atoms with E-state index in [2.05, 4.69) is 25.8 Å². The number of non-ortho nitro benzene ring substituents is 1. The molecule has 2 heterocycles. The third-order valence-electron chi connectivity index (χ3n) is 7.58. The van der Waals surface area contributed by atoms with E-state index in [0.29, 0.717) is 17.7 Å². The van der Waals surface area contributed by atoms with E-state index in [9.17, 15) is 24.8 Å². The van der Waals surface area contributed by atoms with E-state index in [1.54, 1.807) is 7.11 Å². The van der Waals surface area contributed by atoms with Crippen LogP contribution in [0.15, 0.2) is 78.5 Å². The molecule has 5 rings (SSSR count). The van der Waals surface area contributed by atoms with Crippen LogP contribution in [0.1, 0.15) is 49.1 Å². The van der Waals surface area contributed by atoms with Gasteiger partial charge in [-0.3, -0.25) is 19.7 Å². The van der Waals surface area contributed by atoms with Crippen LogP contribution in [0.3, 0.4) is 0 Å². The number of nitro benzene ring substituents is 1. The molecule has 1 atom stereocenters.